The minimum absolute atomic E-state index is 0.131. The van der Waals surface area contributed by atoms with E-state index in [2.05, 4.69) is 0 Å². The third-order valence-electron chi connectivity index (χ3n) is 1.89. The van der Waals surface area contributed by atoms with Crippen LogP contribution in [0.5, 0.6) is 0 Å². The Morgan fingerprint density at radius 2 is 1.91 bits per heavy atom. The maximum Gasteiger partial charge on any atom is 0.389 e. The SMILES string of the molecule is OC(CCC(F)(F)F)C1CC1. The minimum atomic E-state index is -4.12. The fraction of sp³-hybridized carbons (Fsp3) is 1.00. The standard InChI is InChI=1S/C7H11F3O/c8-7(9,10)4-3-6(11)5-1-2-5/h5-6,11H,1-4H2. The van der Waals surface area contributed by atoms with Crippen molar-refractivity contribution >= 4 is 0 Å². The van der Waals surface area contributed by atoms with E-state index in [1.54, 1.807) is 0 Å². The zero-order valence-electron chi connectivity index (χ0n) is 6.06. The molecule has 0 aromatic rings. The highest BCUT2D eigenvalue weighted by atomic mass is 19.4. The summed E-state index contributed by atoms with van der Waals surface area (Å²) in [6, 6.07) is 0. The van der Waals surface area contributed by atoms with Gasteiger partial charge in [0.25, 0.3) is 0 Å². The van der Waals surface area contributed by atoms with Gasteiger partial charge in [-0.1, -0.05) is 0 Å². The number of hydrogen-bond acceptors (Lipinski definition) is 1. The largest absolute Gasteiger partial charge is 0.393 e. The van der Waals surface area contributed by atoms with Gasteiger partial charge in [0.05, 0.1) is 6.10 Å². The Morgan fingerprint density at radius 3 is 2.27 bits per heavy atom. The summed E-state index contributed by atoms with van der Waals surface area (Å²) < 4.78 is 34.8. The first kappa shape index (κ1) is 8.84. The Labute approximate surface area is 63.2 Å². The Bertz CT molecular complexity index is 128. The first-order chi connectivity index (χ1) is 4.99. The number of aliphatic hydroxyl groups is 1. The van der Waals surface area contributed by atoms with Crippen LogP contribution >= 0.6 is 0 Å². The van der Waals surface area contributed by atoms with Crippen LogP contribution in [0.4, 0.5) is 13.2 Å². The van der Waals surface area contributed by atoms with Gasteiger partial charge in [-0.2, -0.15) is 13.2 Å². The van der Waals surface area contributed by atoms with Gasteiger partial charge in [-0.15, -0.1) is 0 Å². The Kier molecular flexibility index (Phi) is 2.42. The summed E-state index contributed by atoms with van der Waals surface area (Å²) in [5.74, 6) is 0.150. The molecule has 0 amide bonds. The Morgan fingerprint density at radius 1 is 1.36 bits per heavy atom. The van der Waals surface area contributed by atoms with E-state index >= 15 is 0 Å². The van der Waals surface area contributed by atoms with E-state index in [-0.39, 0.29) is 12.3 Å². The quantitative estimate of drug-likeness (QED) is 0.684. The summed E-state index contributed by atoms with van der Waals surface area (Å²) in [7, 11) is 0. The summed E-state index contributed by atoms with van der Waals surface area (Å²) in [5, 5.41) is 9.05. The van der Waals surface area contributed by atoms with Crippen molar-refractivity contribution in [2.24, 2.45) is 5.92 Å². The molecule has 0 aromatic carbocycles. The second-order valence-electron chi connectivity index (χ2n) is 3.06. The van der Waals surface area contributed by atoms with Crippen molar-refractivity contribution in [2.75, 3.05) is 0 Å². The topological polar surface area (TPSA) is 20.2 Å². The maximum absolute atomic E-state index is 11.6. The highest BCUT2D eigenvalue weighted by Crippen LogP contribution is 2.35. The molecule has 0 saturated heterocycles. The molecule has 0 bridgehead atoms. The van der Waals surface area contributed by atoms with E-state index in [9.17, 15) is 13.2 Å². The van der Waals surface area contributed by atoms with E-state index in [0.717, 1.165) is 12.8 Å². The summed E-state index contributed by atoms with van der Waals surface area (Å²) in [6.07, 6.45) is -4.05. The van der Waals surface area contributed by atoms with Crippen molar-refractivity contribution in [3.05, 3.63) is 0 Å². The van der Waals surface area contributed by atoms with Gasteiger partial charge in [0.1, 0.15) is 0 Å². The highest BCUT2D eigenvalue weighted by Gasteiger charge is 2.34. The van der Waals surface area contributed by atoms with Gasteiger partial charge in [-0.05, 0) is 25.2 Å². The van der Waals surface area contributed by atoms with Crippen LogP contribution in [0.2, 0.25) is 0 Å². The van der Waals surface area contributed by atoms with E-state index in [4.69, 9.17) is 5.11 Å². The average Bonchev–Trinajstić information content (AvgIpc) is 2.61. The summed E-state index contributed by atoms with van der Waals surface area (Å²) >= 11 is 0. The van der Waals surface area contributed by atoms with E-state index in [1.165, 1.54) is 0 Å². The molecule has 0 aliphatic heterocycles. The lowest BCUT2D eigenvalue weighted by atomic mass is 10.1. The summed E-state index contributed by atoms with van der Waals surface area (Å²) in [4.78, 5) is 0. The zero-order chi connectivity index (χ0) is 8.48. The van der Waals surface area contributed by atoms with E-state index in [1.807, 2.05) is 0 Å². The molecule has 0 radical (unpaired) electrons. The third kappa shape index (κ3) is 3.60. The van der Waals surface area contributed by atoms with Crippen LogP contribution in [0.1, 0.15) is 25.7 Å². The van der Waals surface area contributed by atoms with Gasteiger partial charge in [0.15, 0.2) is 0 Å². The predicted molar refractivity (Wildman–Crippen MR) is 34.0 cm³/mol. The molecule has 1 rings (SSSR count). The molecule has 4 heteroatoms. The van der Waals surface area contributed by atoms with Crippen molar-refractivity contribution in [2.45, 2.75) is 38.0 Å². The number of rotatable bonds is 3. The van der Waals surface area contributed by atoms with Crippen LogP contribution in [-0.2, 0) is 0 Å². The molecule has 1 saturated carbocycles. The van der Waals surface area contributed by atoms with Crippen LogP contribution in [0.25, 0.3) is 0 Å². The van der Waals surface area contributed by atoms with E-state index in [0.29, 0.717) is 0 Å². The second kappa shape index (κ2) is 3.01. The molecule has 1 atom stereocenters. The molecule has 0 spiro atoms. The predicted octanol–water partition coefficient (Wildman–Crippen LogP) is 2.10. The van der Waals surface area contributed by atoms with Gasteiger partial charge in [0.2, 0.25) is 0 Å². The monoisotopic (exact) mass is 168 g/mol. The number of aliphatic hydroxyl groups excluding tert-OH is 1. The maximum atomic E-state index is 11.6. The van der Waals surface area contributed by atoms with Gasteiger partial charge in [0, 0.05) is 6.42 Å². The molecular formula is C7H11F3O. The molecule has 1 aliphatic rings. The van der Waals surface area contributed by atoms with Crippen molar-refractivity contribution in [1.29, 1.82) is 0 Å². The minimum Gasteiger partial charge on any atom is -0.393 e. The molecular weight excluding hydrogens is 157 g/mol. The lowest BCUT2D eigenvalue weighted by molar-refractivity contribution is -0.140. The molecule has 66 valence electrons. The molecule has 1 aliphatic carbocycles. The lowest BCUT2D eigenvalue weighted by Crippen LogP contribution is -2.15. The zero-order valence-corrected chi connectivity index (χ0v) is 6.06. The van der Waals surface area contributed by atoms with Crippen molar-refractivity contribution in [1.82, 2.24) is 0 Å². The number of hydrogen-bond donors (Lipinski definition) is 1. The smallest absolute Gasteiger partial charge is 0.389 e. The van der Waals surface area contributed by atoms with E-state index < -0.39 is 18.7 Å². The summed E-state index contributed by atoms with van der Waals surface area (Å²) in [6.45, 7) is 0. The number of alkyl halides is 3. The Hall–Kier alpha value is -0.250. The third-order valence-corrected chi connectivity index (χ3v) is 1.89. The molecule has 0 aromatic heterocycles. The molecule has 1 N–H and O–H groups in total. The van der Waals surface area contributed by atoms with Crippen molar-refractivity contribution < 1.29 is 18.3 Å². The molecule has 11 heavy (non-hydrogen) atoms. The van der Waals surface area contributed by atoms with Crippen LogP contribution in [0, 0.1) is 5.92 Å². The first-order valence-corrected chi connectivity index (χ1v) is 3.74. The van der Waals surface area contributed by atoms with Crippen LogP contribution in [-0.4, -0.2) is 17.4 Å². The van der Waals surface area contributed by atoms with Gasteiger partial charge < -0.3 is 5.11 Å². The van der Waals surface area contributed by atoms with Crippen LogP contribution < -0.4 is 0 Å². The average molecular weight is 168 g/mol. The van der Waals surface area contributed by atoms with Gasteiger partial charge >= 0.3 is 6.18 Å². The van der Waals surface area contributed by atoms with Crippen LogP contribution in [0.15, 0.2) is 0 Å². The molecule has 1 unspecified atom stereocenters. The first-order valence-electron chi connectivity index (χ1n) is 3.74. The Balaban J connectivity index is 2.10. The molecule has 1 fully saturated rings. The van der Waals surface area contributed by atoms with Crippen molar-refractivity contribution in [3.63, 3.8) is 0 Å². The molecule has 0 heterocycles. The number of halogens is 3. The van der Waals surface area contributed by atoms with Crippen molar-refractivity contribution in [3.8, 4) is 0 Å². The molecule has 1 nitrogen and oxygen atoms in total. The van der Waals surface area contributed by atoms with Gasteiger partial charge in [-0.3, -0.25) is 0 Å². The fourth-order valence-corrected chi connectivity index (χ4v) is 1.03. The summed E-state index contributed by atoms with van der Waals surface area (Å²) in [5.41, 5.74) is 0. The highest BCUT2D eigenvalue weighted by molar-refractivity contribution is 4.81. The van der Waals surface area contributed by atoms with Crippen LogP contribution in [0.3, 0.4) is 0 Å². The fourth-order valence-electron chi connectivity index (χ4n) is 1.03. The normalized spacial score (nSPS) is 21.8. The lowest BCUT2D eigenvalue weighted by Gasteiger charge is -2.10. The second-order valence-corrected chi connectivity index (χ2v) is 3.06. The van der Waals surface area contributed by atoms with Gasteiger partial charge in [-0.25, -0.2) is 0 Å².